The quantitative estimate of drug-likeness (QED) is 0.410. The molecule has 2 aromatic carbocycles. The zero-order valence-corrected chi connectivity index (χ0v) is 20.5. The number of nitrogens with zero attached hydrogens (tertiary/aromatic N) is 3. The number of benzene rings is 2. The van der Waals surface area contributed by atoms with Gasteiger partial charge in [0.2, 0.25) is 5.92 Å². The summed E-state index contributed by atoms with van der Waals surface area (Å²) in [5.41, 5.74) is 3.83. The van der Waals surface area contributed by atoms with Crippen LogP contribution >= 0.6 is 11.8 Å². The highest BCUT2D eigenvalue weighted by Crippen LogP contribution is 2.35. The molecule has 2 heterocycles. The molecule has 4 rings (SSSR count). The van der Waals surface area contributed by atoms with Gasteiger partial charge in [-0.25, -0.2) is 13.8 Å². The van der Waals surface area contributed by atoms with Crippen LogP contribution in [0.15, 0.2) is 59.6 Å². The van der Waals surface area contributed by atoms with E-state index in [2.05, 4.69) is 16.4 Å². The van der Waals surface area contributed by atoms with Crippen LogP contribution in [0, 0.1) is 18.3 Å². The molecule has 1 aliphatic heterocycles. The SMILES string of the molecule is CSc1cccc(NC(=O)c2c(N3CCCC(F)(F)CC3)ncc(-c3ccc(C#N)cc3)c2C)c1. The van der Waals surface area contributed by atoms with Crippen LogP contribution in [0.5, 0.6) is 0 Å². The highest BCUT2D eigenvalue weighted by atomic mass is 32.2. The van der Waals surface area contributed by atoms with Crippen molar-refractivity contribution >= 4 is 29.2 Å². The van der Waals surface area contributed by atoms with Gasteiger partial charge in [-0.05, 0) is 61.1 Å². The van der Waals surface area contributed by atoms with Crippen LogP contribution in [-0.2, 0) is 0 Å². The van der Waals surface area contributed by atoms with E-state index in [-0.39, 0.29) is 25.3 Å². The number of rotatable bonds is 5. The number of aromatic nitrogens is 1. The minimum absolute atomic E-state index is 0.123. The number of thioether (sulfide) groups is 1. The van der Waals surface area contributed by atoms with Gasteiger partial charge in [0, 0.05) is 48.3 Å². The molecule has 1 N–H and O–H groups in total. The molecule has 8 heteroatoms. The fourth-order valence-corrected chi connectivity index (χ4v) is 4.75. The highest BCUT2D eigenvalue weighted by molar-refractivity contribution is 7.98. The topological polar surface area (TPSA) is 69.0 Å². The third kappa shape index (κ3) is 5.63. The predicted octanol–water partition coefficient (Wildman–Crippen LogP) is 6.53. The van der Waals surface area contributed by atoms with Crippen molar-refractivity contribution in [2.45, 2.75) is 37.0 Å². The van der Waals surface area contributed by atoms with Crippen molar-refractivity contribution in [1.29, 1.82) is 5.26 Å². The van der Waals surface area contributed by atoms with E-state index in [1.54, 1.807) is 35.0 Å². The Hall–Kier alpha value is -3.44. The molecule has 0 atom stereocenters. The molecule has 0 unspecified atom stereocenters. The summed E-state index contributed by atoms with van der Waals surface area (Å²) >= 11 is 1.57. The molecule has 1 amide bonds. The maximum Gasteiger partial charge on any atom is 0.259 e. The number of carbonyl (C=O) groups excluding carboxylic acids is 1. The number of carbonyl (C=O) groups is 1. The first kappa shape index (κ1) is 24.7. The molecule has 1 fully saturated rings. The van der Waals surface area contributed by atoms with Crippen molar-refractivity contribution in [3.63, 3.8) is 0 Å². The molecule has 1 aliphatic rings. The lowest BCUT2D eigenvalue weighted by Crippen LogP contribution is -2.30. The first-order valence-corrected chi connectivity index (χ1v) is 12.6. The minimum atomic E-state index is -2.72. The molecular weight excluding hydrogens is 466 g/mol. The van der Waals surface area contributed by atoms with Crippen LogP contribution in [0.4, 0.5) is 20.3 Å². The van der Waals surface area contributed by atoms with Crippen LogP contribution in [0.1, 0.15) is 40.7 Å². The van der Waals surface area contributed by atoms with Crippen LogP contribution in [0.2, 0.25) is 0 Å². The lowest BCUT2D eigenvalue weighted by Gasteiger charge is -2.26. The van der Waals surface area contributed by atoms with Gasteiger partial charge in [0.25, 0.3) is 5.91 Å². The summed E-state index contributed by atoms with van der Waals surface area (Å²) < 4.78 is 28.1. The van der Waals surface area contributed by atoms with Crippen LogP contribution < -0.4 is 10.2 Å². The van der Waals surface area contributed by atoms with Crippen LogP contribution in [0.25, 0.3) is 11.1 Å². The number of pyridine rings is 1. The van der Waals surface area contributed by atoms with Crippen LogP contribution in [0.3, 0.4) is 0 Å². The first-order valence-electron chi connectivity index (χ1n) is 11.4. The highest BCUT2D eigenvalue weighted by Gasteiger charge is 2.33. The second kappa shape index (κ2) is 10.4. The van der Waals surface area contributed by atoms with Gasteiger partial charge in [0.15, 0.2) is 0 Å². The maximum atomic E-state index is 14.0. The molecule has 0 saturated carbocycles. The van der Waals surface area contributed by atoms with Crippen molar-refractivity contribution in [2.75, 3.05) is 29.6 Å². The summed E-state index contributed by atoms with van der Waals surface area (Å²) in [5.74, 6) is -2.64. The molecule has 0 radical (unpaired) electrons. The second-order valence-electron chi connectivity index (χ2n) is 8.57. The van der Waals surface area contributed by atoms with E-state index in [9.17, 15) is 13.6 Å². The maximum absolute atomic E-state index is 14.0. The number of hydrogen-bond donors (Lipinski definition) is 1. The number of amides is 1. The normalized spacial score (nSPS) is 15.2. The van der Waals surface area contributed by atoms with Gasteiger partial charge >= 0.3 is 0 Å². The Morgan fingerprint density at radius 2 is 1.94 bits per heavy atom. The lowest BCUT2D eigenvalue weighted by atomic mass is 9.97. The molecule has 0 aliphatic carbocycles. The van der Waals surface area contributed by atoms with Gasteiger partial charge < -0.3 is 10.2 Å². The predicted molar refractivity (Wildman–Crippen MR) is 136 cm³/mol. The summed E-state index contributed by atoms with van der Waals surface area (Å²) in [4.78, 5) is 21.0. The molecule has 35 heavy (non-hydrogen) atoms. The van der Waals surface area contributed by atoms with Crippen molar-refractivity contribution in [3.8, 4) is 17.2 Å². The van der Waals surface area contributed by atoms with Gasteiger partial charge in [-0.15, -0.1) is 11.8 Å². The number of anilines is 2. The van der Waals surface area contributed by atoms with E-state index in [1.165, 1.54) is 0 Å². The Morgan fingerprint density at radius 1 is 1.17 bits per heavy atom. The smallest absolute Gasteiger partial charge is 0.259 e. The third-order valence-corrected chi connectivity index (χ3v) is 6.94. The van der Waals surface area contributed by atoms with E-state index < -0.39 is 5.92 Å². The van der Waals surface area contributed by atoms with Gasteiger partial charge in [-0.3, -0.25) is 4.79 Å². The van der Waals surface area contributed by atoms with Gasteiger partial charge in [0.05, 0.1) is 17.2 Å². The average Bonchev–Trinajstić information content (AvgIpc) is 3.04. The molecule has 1 saturated heterocycles. The standard InChI is InChI=1S/C27H26F2N4OS/c1-18-23(20-9-7-19(16-30)8-10-20)17-31-25(33-13-4-11-27(28,29)12-14-33)24(18)26(34)32-21-5-3-6-22(15-21)35-2/h3,5-10,15,17H,4,11-14H2,1-2H3,(H,32,34). The fraction of sp³-hybridized carbons (Fsp3) is 0.296. The van der Waals surface area contributed by atoms with E-state index in [4.69, 9.17) is 5.26 Å². The Morgan fingerprint density at radius 3 is 2.66 bits per heavy atom. The van der Waals surface area contributed by atoms with Crippen molar-refractivity contribution < 1.29 is 13.6 Å². The van der Waals surface area contributed by atoms with Gasteiger partial charge in [0.1, 0.15) is 5.82 Å². The molecule has 0 bridgehead atoms. The lowest BCUT2D eigenvalue weighted by molar-refractivity contribution is -0.0102. The summed E-state index contributed by atoms with van der Waals surface area (Å²) in [6.07, 6.45) is 3.52. The molecular formula is C27H26F2N4OS. The second-order valence-corrected chi connectivity index (χ2v) is 9.45. The minimum Gasteiger partial charge on any atom is -0.356 e. The Kier molecular flexibility index (Phi) is 7.37. The van der Waals surface area contributed by atoms with E-state index >= 15 is 0 Å². The van der Waals surface area contributed by atoms with Gasteiger partial charge in [-0.2, -0.15) is 5.26 Å². The van der Waals surface area contributed by atoms with E-state index in [0.717, 1.165) is 16.0 Å². The largest absolute Gasteiger partial charge is 0.356 e. The zero-order chi connectivity index (χ0) is 25.0. The van der Waals surface area contributed by atoms with Crippen molar-refractivity contribution in [3.05, 3.63) is 71.4 Å². The summed E-state index contributed by atoms with van der Waals surface area (Å²) in [6, 6.07) is 16.7. The zero-order valence-electron chi connectivity index (χ0n) is 19.6. The number of alkyl halides is 2. The Balaban J connectivity index is 1.77. The van der Waals surface area contributed by atoms with Crippen molar-refractivity contribution in [1.82, 2.24) is 4.98 Å². The number of hydrogen-bond acceptors (Lipinski definition) is 5. The number of nitrogens with one attached hydrogen (secondary N) is 1. The number of nitriles is 1. The first-order chi connectivity index (χ1) is 16.8. The fourth-order valence-electron chi connectivity index (χ4n) is 4.29. The number of halogens is 2. The summed E-state index contributed by atoms with van der Waals surface area (Å²) in [7, 11) is 0. The Labute approximate surface area is 208 Å². The molecule has 0 spiro atoms. The van der Waals surface area contributed by atoms with E-state index in [0.29, 0.717) is 41.2 Å². The summed E-state index contributed by atoms with van der Waals surface area (Å²) in [6.45, 7) is 2.37. The monoisotopic (exact) mass is 492 g/mol. The molecule has 3 aromatic rings. The van der Waals surface area contributed by atoms with Crippen LogP contribution in [-0.4, -0.2) is 36.2 Å². The third-order valence-electron chi connectivity index (χ3n) is 6.22. The Bertz CT molecular complexity index is 1270. The average molecular weight is 493 g/mol. The van der Waals surface area contributed by atoms with Crippen molar-refractivity contribution in [2.24, 2.45) is 0 Å². The molecule has 1 aromatic heterocycles. The molecule has 5 nitrogen and oxygen atoms in total. The molecule has 180 valence electrons. The van der Waals surface area contributed by atoms with Gasteiger partial charge in [-0.1, -0.05) is 18.2 Å². The van der Waals surface area contributed by atoms with E-state index in [1.807, 2.05) is 49.6 Å². The summed E-state index contributed by atoms with van der Waals surface area (Å²) in [5, 5.41) is 12.1.